The van der Waals surface area contributed by atoms with Crippen molar-refractivity contribution in [2.45, 2.75) is 110 Å². The van der Waals surface area contributed by atoms with Gasteiger partial charge in [0.05, 0.1) is 17.6 Å². The fourth-order valence-electron chi connectivity index (χ4n) is 4.97. The normalized spacial score (nSPS) is 13.4. The molecule has 0 saturated heterocycles. The Kier molecular flexibility index (Phi) is 21.1. The summed E-state index contributed by atoms with van der Waals surface area (Å²) in [7, 11) is -3.27. The molecule has 258 valence electrons. The second-order valence-corrected chi connectivity index (χ2v) is 13.4. The Balaban J connectivity index is 2.68. The van der Waals surface area contributed by atoms with Crippen molar-refractivity contribution in [3.8, 4) is 17.6 Å². The zero-order valence-electron chi connectivity index (χ0n) is 27.8. The van der Waals surface area contributed by atoms with Gasteiger partial charge < -0.3 is 20.3 Å². The lowest BCUT2D eigenvalue weighted by atomic mass is 9.86. The van der Waals surface area contributed by atoms with Gasteiger partial charge in [-0.1, -0.05) is 89.0 Å². The van der Waals surface area contributed by atoms with E-state index in [1.807, 2.05) is 6.92 Å². The van der Waals surface area contributed by atoms with Crippen molar-refractivity contribution in [1.29, 1.82) is 0 Å². The quantitative estimate of drug-likeness (QED) is 0.0558. The molecule has 0 bridgehead atoms. The second kappa shape index (κ2) is 23.9. The molecule has 0 spiro atoms. The third kappa shape index (κ3) is 18.0. The molecule has 1 aromatic rings. The largest absolute Gasteiger partial charge is 0.481 e. The summed E-state index contributed by atoms with van der Waals surface area (Å²) < 4.78 is 32.5. The fourth-order valence-corrected chi connectivity index (χ4v) is 6.15. The van der Waals surface area contributed by atoms with E-state index in [1.165, 1.54) is 6.42 Å². The van der Waals surface area contributed by atoms with Gasteiger partial charge in [0.2, 0.25) is 15.9 Å². The highest BCUT2D eigenvalue weighted by atomic mass is 32.2. The molecule has 11 heteroatoms. The van der Waals surface area contributed by atoms with Gasteiger partial charge in [-0.15, -0.1) is 5.92 Å². The third-order valence-corrected chi connectivity index (χ3v) is 9.07. The summed E-state index contributed by atoms with van der Waals surface area (Å²) in [5.74, 6) is 1.23. The van der Waals surface area contributed by atoms with Gasteiger partial charge in [0.1, 0.15) is 18.4 Å². The first kappa shape index (κ1) is 40.7. The minimum atomic E-state index is -3.27. The van der Waals surface area contributed by atoms with E-state index in [4.69, 9.17) is 4.74 Å². The van der Waals surface area contributed by atoms with Crippen LogP contribution in [0.2, 0.25) is 0 Å². The van der Waals surface area contributed by atoms with Crippen LogP contribution in [-0.2, 0) is 30.8 Å². The van der Waals surface area contributed by atoms with Gasteiger partial charge in [-0.3, -0.25) is 9.59 Å². The van der Waals surface area contributed by atoms with Crippen LogP contribution in [0.5, 0.6) is 5.75 Å². The molecule has 1 rings (SSSR count). The number of carboxylic acids is 2. The average molecular weight is 663 g/mol. The standard InChI is InChI=1S/C35H54N2O8S/c1-4-7-9-10-14-17-26-46(43,44)36-24-16-13-11-12-15-19-30(31(18-6-3)34(39)40)33(38)37-32(35(41)42)27-28-20-22-29(23-21-28)45-25-8-5-2/h15,19-23,30-32,36H,4,6-7,9-14,16-18,24-27H2,1-3H3,(H,37,38)(H,39,40)(H,41,42)/b19-15+/t30-,31+,32-/m0/s1. The van der Waals surface area contributed by atoms with Crippen LogP contribution in [-0.4, -0.2) is 61.4 Å². The van der Waals surface area contributed by atoms with Gasteiger partial charge in [0.15, 0.2) is 0 Å². The van der Waals surface area contributed by atoms with E-state index >= 15 is 0 Å². The summed E-state index contributed by atoms with van der Waals surface area (Å²) in [5, 5.41) is 22.3. The summed E-state index contributed by atoms with van der Waals surface area (Å²) in [6.45, 7) is 6.29. The summed E-state index contributed by atoms with van der Waals surface area (Å²) in [6, 6.07) is 5.58. The Bertz CT molecular complexity index is 1240. The highest BCUT2D eigenvalue weighted by Gasteiger charge is 2.33. The highest BCUT2D eigenvalue weighted by Crippen LogP contribution is 2.22. The second-order valence-electron chi connectivity index (χ2n) is 11.5. The number of allylic oxidation sites excluding steroid dienone is 1. The summed E-state index contributed by atoms with van der Waals surface area (Å²) >= 11 is 0. The number of rotatable bonds is 26. The minimum Gasteiger partial charge on any atom is -0.481 e. The SMILES string of the molecule is CC#CCOc1ccc(C[C@H](NC(=O)[C@@H](/C=C/CCCCCNS(=O)(=O)CCCCCCCC)[C@@H](CCC)C(=O)O)C(=O)O)cc1. The van der Waals surface area contributed by atoms with Crippen LogP contribution in [0.25, 0.3) is 0 Å². The number of aliphatic carboxylic acids is 2. The molecule has 0 aliphatic rings. The van der Waals surface area contributed by atoms with Crippen LogP contribution < -0.4 is 14.8 Å². The van der Waals surface area contributed by atoms with E-state index in [0.29, 0.717) is 43.5 Å². The Morgan fingerprint density at radius 2 is 1.59 bits per heavy atom. The first-order chi connectivity index (χ1) is 22.0. The van der Waals surface area contributed by atoms with Crippen LogP contribution in [0.3, 0.4) is 0 Å². The molecule has 1 aromatic carbocycles. The van der Waals surface area contributed by atoms with E-state index in [2.05, 4.69) is 28.8 Å². The lowest BCUT2D eigenvalue weighted by molar-refractivity contribution is -0.147. The molecule has 46 heavy (non-hydrogen) atoms. The maximum Gasteiger partial charge on any atom is 0.326 e. The van der Waals surface area contributed by atoms with Crippen molar-refractivity contribution in [2.24, 2.45) is 11.8 Å². The van der Waals surface area contributed by atoms with Crippen molar-refractivity contribution < 1.29 is 37.8 Å². The average Bonchev–Trinajstić information content (AvgIpc) is 3.01. The summed E-state index contributed by atoms with van der Waals surface area (Å²) in [5.41, 5.74) is 0.668. The Morgan fingerprint density at radius 3 is 2.22 bits per heavy atom. The third-order valence-electron chi connectivity index (χ3n) is 7.60. The molecule has 10 nitrogen and oxygen atoms in total. The molecule has 4 N–H and O–H groups in total. The van der Waals surface area contributed by atoms with Crippen LogP contribution in [0, 0.1) is 23.7 Å². The first-order valence-corrected chi connectivity index (χ1v) is 18.2. The number of benzene rings is 1. The molecular weight excluding hydrogens is 608 g/mol. The number of nitrogens with one attached hydrogen (secondary N) is 2. The van der Waals surface area contributed by atoms with E-state index in [9.17, 15) is 33.0 Å². The Morgan fingerprint density at radius 1 is 0.913 bits per heavy atom. The van der Waals surface area contributed by atoms with Crippen molar-refractivity contribution >= 4 is 27.9 Å². The van der Waals surface area contributed by atoms with Gasteiger partial charge >= 0.3 is 11.9 Å². The molecule has 0 fully saturated rings. The lowest BCUT2D eigenvalue weighted by Gasteiger charge is -2.23. The van der Waals surface area contributed by atoms with Crippen molar-refractivity contribution in [3.63, 3.8) is 0 Å². The number of carbonyl (C=O) groups is 3. The molecule has 0 radical (unpaired) electrons. The topological polar surface area (TPSA) is 159 Å². The number of carbonyl (C=O) groups excluding carboxylic acids is 1. The van der Waals surface area contributed by atoms with Crippen molar-refractivity contribution in [2.75, 3.05) is 18.9 Å². The maximum atomic E-state index is 13.3. The lowest BCUT2D eigenvalue weighted by Crippen LogP contribution is -2.47. The van der Waals surface area contributed by atoms with E-state index < -0.39 is 45.7 Å². The summed E-state index contributed by atoms with van der Waals surface area (Å²) in [4.78, 5) is 37.4. The number of ether oxygens (including phenoxy) is 1. The molecular formula is C35H54N2O8S. The molecule has 0 saturated carbocycles. The monoisotopic (exact) mass is 662 g/mol. The number of hydrogen-bond donors (Lipinski definition) is 4. The van der Waals surface area contributed by atoms with Crippen LogP contribution in [0.15, 0.2) is 36.4 Å². The smallest absolute Gasteiger partial charge is 0.326 e. The van der Waals surface area contributed by atoms with Gasteiger partial charge in [0.25, 0.3) is 0 Å². The number of sulfonamides is 1. The molecule has 0 aromatic heterocycles. The zero-order chi connectivity index (χ0) is 34.2. The summed E-state index contributed by atoms with van der Waals surface area (Å²) in [6.07, 6.45) is 13.0. The van der Waals surface area contributed by atoms with E-state index in [0.717, 1.165) is 38.5 Å². The predicted molar refractivity (Wildman–Crippen MR) is 181 cm³/mol. The molecule has 0 heterocycles. The van der Waals surface area contributed by atoms with Gasteiger partial charge in [-0.2, -0.15) is 0 Å². The van der Waals surface area contributed by atoms with Crippen molar-refractivity contribution in [3.05, 3.63) is 42.0 Å². The van der Waals surface area contributed by atoms with Crippen LogP contribution >= 0.6 is 0 Å². The van der Waals surface area contributed by atoms with Crippen LogP contribution in [0.1, 0.15) is 103 Å². The number of amides is 1. The highest BCUT2D eigenvalue weighted by molar-refractivity contribution is 7.89. The molecule has 1 amide bonds. The molecule has 0 aliphatic carbocycles. The fraction of sp³-hybridized carbons (Fsp3) is 0.629. The van der Waals surface area contributed by atoms with Gasteiger partial charge in [-0.05, 0) is 56.7 Å². The van der Waals surface area contributed by atoms with Crippen molar-refractivity contribution in [1.82, 2.24) is 10.0 Å². The molecule has 0 unspecified atom stereocenters. The number of carboxylic acid groups (broad SMARTS) is 2. The molecule has 3 atom stereocenters. The minimum absolute atomic E-state index is 0.0147. The number of unbranched alkanes of at least 4 members (excludes halogenated alkanes) is 8. The van der Waals surface area contributed by atoms with Gasteiger partial charge in [-0.25, -0.2) is 17.9 Å². The van der Waals surface area contributed by atoms with E-state index in [1.54, 1.807) is 43.3 Å². The Labute approximate surface area is 275 Å². The van der Waals surface area contributed by atoms with E-state index in [-0.39, 0.29) is 25.2 Å². The van der Waals surface area contributed by atoms with Gasteiger partial charge in [0, 0.05) is 13.0 Å². The number of hydrogen-bond acceptors (Lipinski definition) is 6. The Hall–Kier alpha value is -3.36. The zero-order valence-corrected chi connectivity index (χ0v) is 28.6. The first-order valence-electron chi connectivity index (χ1n) is 16.6. The molecule has 0 aliphatic heterocycles. The maximum absolute atomic E-state index is 13.3. The predicted octanol–water partition coefficient (Wildman–Crippen LogP) is 5.71. The van der Waals surface area contributed by atoms with Crippen LogP contribution in [0.4, 0.5) is 0 Å².